The van der Waals surface area contributed by atoms with Gasteiger partial charge in [0.25, 0.3) is 5.91 Å². The Morgan fingerprint density at radius 2 is 1.92 bits per heavy atom. The maximum atomic E-state index is 13.9. The van der Waals surface area contributed by atoms with Crippen LogP contribution < -0.4 is 0 Å². The van der Waals surface area contributed by atoms with Crippen LogP contribution in [0.3, 0.4) is 0 Å². The van der Waals surface area contributed by atoms with Crippen LogP contribution in [0.25, 0.3) is 5.69 Å². The largest absolute Gasteiger partial charge is 0.330 e. The first-order valence-corrected chi connectivity index (χ1v) is 8.25. The fourth-order valence-electron chi connectivity index (χ4n) is 3.30. The zero-order valence-corrected chi connectivity index (χ0v) is 13.5. The Balaban J connectivity index is 1.60. The summed E-state index contributed by atoms with van der Waals surface area (Å²) in [6, 6.07) is 11.9. The molecule has 0 spiro atoms. The van der Waals surface area contributed by atoms with Gasteiger partial charge in [-0.1, -0.05) is 12.1 Å². The minimum atomic E-state index is -0.375. The van der Waals surface area contributed by atoms with Gasteiger partial charge in [-0.05, 0) is 48.7 Å². The number of carbonyl (C=O) groups excluding carboxylic acids is 1. The average Bonchev–Trinajstić information content (AvgIpc) is 3.32. The van der Waals surface area contributed by atoms with E-state index in [1.807, 2.05) is 17.0 Å². The highest BCUT2D eigenvalue weighted by atomic mass is 19.1. The third kappa shape index (κ3) is 2.91. The molecule has 0 bridgehead atoms. The summed E-state index contributed by atoms with van der Waals surface area (Å²) in [5.41, 5.74) is 1.73. The molecule has 5 nitrogen and oxygen atoms in total. The van der Waals surface area contributed by atoms with E-state index in [0.717, 1.165) is 18.4 Å². The lowest BCUT2D eigenvalue weighted by Gasteiger charge is -2.24. The molecule has 1 aliphatic heterocycles. The second kappa shape index (κ2) is 6.47. The number of likely N-dealkylation sites (tertiary alicyclic amines) is 1. The lowest BCUT2D eigenvalue weighted by molar-refractivity contribution is 0.0729. The fraction of sp³-hybridized carbons (Fsp3) is 0.211. The molecule has 6 heteroatoms. The summed E-state index contributed by atoms with van der Waals surface area (Å²) in [6.45, 7) is 0.693. The first-order chi connectivity index (χ1) is 12.2. The average molecular weight is 336 g/mol. The van der Waals surface area contributed by atoms with Crippen molar-refractivity contribution in [1.82, 2.24) is 19.7 Å². The molecule has 1 atom stereocenters. The number of benzene rings is 1. The van der Waals surface area contributed by atoms with Crippen molar-refractivity contribution in [3.8, 4) is 5.69 Å². The maximum absolute atomic E-state index is 13.9. The van der Waals surface area contributed by atoms with Crippen molar-refractivity contribution in [3.05, 3.63) is 78.1 Å². The number of aromatic nitrogens is 3. The fourth-order valence-corrected chi connectivity index (χ4v) is 3.30. The normalized spacial score (nSPS) is 17.0. The van der Waals surface area contributed by atoms with Gasteiger partial charge in [-0.15, -0.1) is 0 Å². The van der Waals surface area contributed by atoms with E-state index in [9.17, 15) is 9.18 Å². The molecule has 4 rings (SSSR count). The summed E-state index contributed by atoms with van der Waals surface area (Å²) in [4.78, 5) is 18.8. The van der Waals surface area contributed by atoms with Crippen molar-refractivity contribution in [2.24, 2.45) is 0 Å². The van der Waals surface area contributed by atoms with Crippen molar-refractivity contribution in [2.45, 2.75) is 18.9 Å². The molecule has 25 heavy (non-hydrogen) atoms. The summed E-state index contributed by atoms with van der Waals surface area (Å²) in [5, 5.41) is 4.29. The van der Waals surface area contributed by atoms with Gasteiger partial charge in [0, 0.05) is 25.1 Å². The number of amides is 1. The topological polar surface area (TPSA) is 51.0 Å². The molecule has 0 aliphatic carbocycles. The molecule has 2 aromatic heterocycles. The van der Waals surface area contributed by atoms with E-state index in [4.69, 9.17) is 0 Å². The van der Waals surface area contributed by atoms with E-state index >= 15 is 0 Å². The number of halogens is 1. The number of hydrogen-bond acceptors (Lipinski definition) is 3. The summed E-state index contributed by atoms with van der Waals surface area (Å²) in [7, 11) is 0. The number of carbonyl (C=O) groups is 1. The Morgan fingerprint density at radius 3 is 2.72 bits per heavy atom. The first kappa shape index (κ1) is 15.5. The highest BCUT2D eigenvalue weighted by molar-refractivity contribution is 5.92. The van der Waals surface area contributed by atoms with Crippen LogP contribution in [-0.2, 0) is 0 Å². The van der Waals surface area contributed by atoms with Crippen LogP contribution in [0, 0.1) is 5.82 Å². The quantitative estimate of drug-likeness (QED) is 0.737. The van der Waals surface area contributed by atoms with Crippen molar-refractivity contribution in [1.29, 1.82) is 0 Å². The standard InChI is InChI=1S/C19H17FN4O/c20-15-4-1-2-5-18(15)24-13-9-16(22-24)19(25)23-12-3-6-17(23)14-7-10-21-11-8-14/h1-2,4-5,7-11,13,17H,3,6,12H2. The van der Waals surface area contributed by atoms with Gasteiger partial charge in [0.15, 0.2) is 5.69 Å². The predicted molar refractivity (Wildman–Crippen MR) is 90.8 cm³/mol. The Labute approximate surface area is 144 Å². The predicted octanol–water partition coefficient (Wildman–Crippen LogP) is 3.38. The summed E-state index contributed by atoms with van der Waals surface area (Å²) >= 11 is 0. The van der Waals surface area contributed by atoms with Crippen LogP contribution in [-0.4, -0.2) is 32.1 Å². The maximum Gasteiger partial charge on any atom is 0.274 e. The monoisotopic (exact) mass is 336 g/mol. The van der Waals surface area contributed by atoms with Crippen LogP contribution in [0.5, 0.6) is 0 Å². The minimum absolute atomic E-state index is 0.0362. The van der Waals surface area contributed by atoms with Gasteiger partial charge in [-0.3, -0.25) is 9.78 Å². The molecule has 0 radical (unpaired) electrons. The van der Waals surface area contributed by atoms with E-state index in [1.165, 1.54) is 10.7 Å². The van der Waals surface area contributed by atoms with Gasteiger partial charge in [0.2, 0.25) is 0 Å². The first-order valence-electron chi connectivity index (χ1n) is 8.25. The van der Waals surface area contributed by atoms with Gasteiger partial charge < -0.3 is 4.90 Å². The molecule has 1 unspecified atom stereocenters. The second-order valence-electron chi connectivity index (χ2n) is 6.03. The smallest absolute Gasteiger partial charge is 0.274 e. The van der Waals surface area contributed by atoms with E-state index < -0.39 is 0 Å². The third-order valence-electron chi connectivity index (χ3n) is 4.51. The van der Waals surface area contributed by atoms with Crippen molar-refractivity contribution in [2.75, 3.05) is 6.54 Å². The van der Waals surface area contributed by atoms with Gasteiger partial charge >= 0.3 is 0 Å². The van der Waals surface area contributed by atoms with Crippen molar-refractivity contribution < 1.29 is 9.18 Å². The zero-order valence-electron chi connectivity index (χ0n) is 13.5. The molecule has 1 fully saturated rings. The van der Waals surface area contributed by atoms with Gasteiger partial charge in [0.05, 0.1) is 6.04 Å². The SMILES string of the molecule is O=C(c1ccn(-c2ccccc2F)n1)N1CCCC1c1ccncc1. The molecule has 1 saturated heterocycles. The molecule has 126 valence electrons. The summed E-state index contributed by atoms with van der Waals surface area (Å²) in [5.74, 6) is -0.505. The molecule has 1 amide bonds. The Morgan fingerprint density at radius 1 is 1.12 bits per heavy atom. The van der Waals surface area contributed by atoms with Gasteiger partial charge in [-0.2, -0.15) is 5.10 Å². The number of pyridine rings is 1. The zero-order chi connectivity index (χ0) is 17.2. The Hall–Kier alpha value is -3.02. The molecular formula is C19H17FN4O. The van der Waals surface area contributed by atoms with E-state index in [1.54, 1.807) is 42.9 Å². The number of rotatable bonds is 3. The third-order valence-corrected chi connectivity index (χ3v) is 4.51. The van der Waals surface area contributed by atoms with E-state index in [-0.39, 0.29) is 17.8 Å². The number of hydrogen-bond donors (Lipinski definition) is 0. The molecule has 3 aromatic rings. The van der Waals surface area contributed by atoms with Crippen molar-refractivity contribution in [3.63, 3.8) is 0 Å². The Bertz CT molecular complexity index is 893. The van der Waals surface area contributed by atoms with Gasteiger partial charge in [-0.25, -0.2) is 9.07 Å². The highest BCUT2D eigenvalue weighted by Gasteiger charge is 2.31. The molecular weight excluding hydrogens is 319 g/mol. The highest BCUT2D eigenvalue weighted by Crippen LogP contribution is 2.32. The molecule has 0 N–H and O–H groups in total. The lowest BCUT2D eigenvalue weighted by Crippen LogP contribution is -2.31. The number of para-hydroxylation sites is 1. The lowest BCUT2D eigenvalue weighted by atomic mass is 10.1. The van der Waals surface area contributed by atoms with E-state index in [0.29, 0.717) is 17.9 Å². The van der Waals surface area contributed by atoms with Crippen LogP contribution in [0.4, 0.5) is 4.39 Å². The van der Waals surface area contributed by atoms with Gasteiger partial charge in [0.1, 0.15) is 11.5 Å². The van der Waals surface area contributed by atoms with E-state index in [2.05, 4.69) is 10.1 Å². The molecule has 0 saturated carbocycles. The van der Waals surface area contributed by atoms with Crippen molar-refractivity contribution >= 4 is 5.91 Å². The second-order valence-corrected chi connectivity index (χ2v) is 6.03. The van der Waals surface area contributed by atoms with Crippen LogP contribution in [0.15, 0.2) is 61.1 Å². The molecule has 1 aromatic carbocycles. The number of nitrogens with zero attached hydrogens (tertiary/aromatic N) is 4. The van der Waals surface area contributed by atoms with Crippen LogP contribution >= 0.6 is 0 Å². The molecule has 1 aliphatic rings. The Kier molecular flexibility index (Phi) is 4.01. The minimum Gasteiger partial charge on any atom is -0.330 e. The summed E-state index contributed by atoms with van der Waals surface area (Å²) < 4.78 is 15.3. The summed E-state index contributed by atoms with van der Waals surface area (Å²) in [6.07, 6.45) is 6.96. The van der Waals surface area contributed by atoms with Crippen LogP contribution in [0.2, 0.25) is 0 Å². The molecule has 3 heterocycles. The van der Waals surface area contributed by atoms with Crippen LogP contribution in [0.1, 0.15) is 34.9 Å².